The maximum absolute atomic E-state index is 12.4. The topological polar surface area (TPSA) is 35.2 Å². The first kappa shape index (κ1) is 11.9. The van der Waals surface area contributed by atoms with E-state index in [9.17, 15) is 19.4 Å². The van der Waals surface area contributed by atoms with Gasteiger partial charge in [0.1, 0.15) is 5.75 Å². The Hall–Kier alpha value is -1.18. The molecular formula is C7H8F5NOS. The Balaban J connectivity index is 3.57. The van der Waals surface area contributed by atoms with Gasteiger partial charge in [-0.1, -0.05) is 19.4 Å². The standard InChI is InChI=1S/C7H8F5NOS/c1-14-6-3-2-5(13)4-7(6)15(8,9,10,11)12/h2-4H,13H2,1H3. The summed E-state index contributed by atoms with van der Waals surface area (Å²) < 4.78 is 66.4. The summed E-state index contributed by atoms with van der Waals surface area (Å²) in [6, 6.07) is 1.97. The van der Waals surface area contributed by atoms with E-state index < -0.39 is 26.6 Å². The molecule has 1 aromatic rings. The Labute approximate surface area is 82.6 Å². The van der Waals surface area contributed by atoms with Crippen molar-refractivity contribution in [2.45, 2.75) is 4.90 Å². The summed E-state index contributed by atoms with van der Waals surface area (Å²) in [5, 5.41) is 0. The summed E-state index contributed by atoms with van der Waals surface area (Å²) >= 11 is 0. The largest absolute Gasteiger partial charge is 0.495 e. The highest BCUT2D eigenvalue weighted by Crippen LogP contribution is 3.03. The van der Waals surface area contributed by atoms with Crippen molar-refractivity contribution >= 4 is 15.9 Å². The maximum atomic E-state index is 12.4. The molecule has 0 bridgehead atoms. The SMILES string of the molecule is COc1ccc(N)cc1S(F)(F)(F)(F)F. The lowest BCUT2D eigenvalue weighted by Gasteiger charge is -2.41. The fourth-order valence-electron chi connectivity index (χ4n) is 0.995. The molecule has 0 aliphatic carbocycles. The molecule has 0 heterocycles. The first-order valence-electron chi connectivity index (χ1n) is 3.61. The molecule has 0 atom stereocenters. The Bertz CT molecular complexity index is 401. The fraction of sp³-hybridized carbons (Fsp3) is 0.143. The van der Waals surface area contributed by atoms with Crippen LogP contribution in [-0.2, 0) is 0 Å². The molecule has 0 amide bonds. The zero-order chi connectivity index (χ0) is 12.0. The molecule has 1 rings (SSSR count). The number of nitrogen functional groups attached to an aromatic ring is 1. The van der Waals surface area contributed by atoms with Crippen molar-refractivity contribution < 1.29 is 24.2 Å². The number of hydrogen-bond acceptors (Lipinski definition) is 2. The van der Waals surface area contributed by atoms with Crippen molar-refractivity contribution in [3.63, 3.8) is 0 Å². The van der Waals surface area contributed by atoms with Gasteiger partial charge < -0.3 is 10.5 Å². The molecule has 0 fully saturated rings. The van der Waals surface area contributed by atoms with Crippen LogP contribution in [0.2, 0.25) is 0 Å². The molecule has 0 aromatic heterocycles. The van der Waals surface area contributed by atoms with E-state index in [2.05, 4.69) is 4.74 Å². The predicted octanol–water partition coefficient (Wildman–Crippen LogP) is 3.93. The number of ether oxygens (including phenoxy) is 1. The van der Waals surface area contributed by atoms with Crippen molar-refractivity contribution in [2.24, 2.45) is 0 Å². The van der Waals surface area contributed by atoms with Gasteiger partial charge >= 0.3 is 10.2 Å². The zero-order valence-electron chi connectivity index (χ0n) is 7.52. The summed E-state index contributed by atoms with van der Waals surface area (Å²) in [5.41, 5.74) is 4.62. The minimum atomic E-state index is -9.74. The summed E-state index contributed by atoms with van der Waals surface area (Å²) in [7, 11) is -8.87. The van der Waals surface area contributed by atoms with Crippen LogP contribution < -0.4 is 10.5 Å². The molecule has 0 saturated heterocycles. The second-order valence-electron chi connectivity index (χ2n) is 2.88. The molecule has 0 saturated carbocycles. The van der Waals surface area contributed by atoms with E-state index in [1.165, 1.54) is 0 Å². The summed E-state index contributed by atoms with van der Waals surface area (Å²) in [5.74, 6) is -0.941. The second kappa shape index (κ2) is 2.49. The molecule has 0 radical (unpaired) electrons. The molecule has 0 unspecified atom stereocenters. The van der Waals surface area contributed by atoms with E-state index in [1.54, 1.807) is 0 Å². The van der Waals surface area contributed by atoms with Gasteiger partial charge in [-0.05, 0) is 18.2 Å². The van der Waals surface area contributed by atoms with E-state index in [0.29, 0.717) is 0 Å². The van der Waals surface area contributed by atoms with E-state index >= 15 is 0 Å². The van der Waals surface area contributed by atoms with Gasteiger partial charge in [-0.25, -0.2) is 0 Å². The van der Waals surface area contributed by atoms with E-state index in [4.69, 9.17) is 5.73 Å². The Morgan fingerprint density at radius 1 is 1.13 bits per heavy atom. The highest BCUT2D eigenvalue weighted by atomic mass is 32.5. The van der Waals surface area contributed by atoms with Crippen LogP contribution in [0.3, 0.4) is 0 Å². The van der Waals surface area contributed by atoms with Crippen molar-refractivity contribution in [2.75, 3.05) is 12.8 Å². The third kappa shape index (κ3) is 2.65. The third-order valence-corrected chi connectivity index (χ3v) is 2.75. The molecule has 88 valence electrons. The molecule has 1 aromatic carbocycles. The first-order chi connectivity index (χ1) is 6.44. The number of hydrogen-bond donors (Lipinski definition) is 1. The maximum Gasteiger partial charge on any atom is 0.313 e. The number of halogens is 5. The molecule has 2 N–H and O–H groups in total. The van der Waals surface area contributed by atoms with Crippen LogP contribution in [0.4, 0.5) is 25.1 Å². The van der Waals surface area contributed by atoms with Crippen molar-refractivity contribution in [3.05, 3.63) is 18.2 Å². The minimum absolute atomic E-state index is 0.167. The van der Waals surface area contributed by atoms with E-state index in [1.807, 2.05) is 0 Å². The molecule has 8 heteroatoms. The van der Waals surface area contributed by atoms with Crippen LogP contribution in [0, 0.1) is 0 Å². The molecule has 0 aliphatic heterocycles. The number of rotatable bonds is 2. The van der Waals surface area contributed by atoms with Gasteiger partial charge in [0, 0.05) is 5.69 Å². The molecule has 0 spiro atoms. The minimum Gasteiger partial charge on any atom is -0.495 e. The summed E-state index contributed by atoms with van der Waals surface area (Å²) in [6.45, 7) is 0. The molecule has 2 nitrogen and oxygen atoms in total. The number of methoxy groups -OCH3 is 1. The van der Waals surface area contributed by atoms with Crippen LogP contribution in [0.1, 0.15) is 0 Å². The van der Waals surface area contributed by atoms with E-state index in [0.717, 1.165) is 19.2 Å². The third-order valence-electron chi connectivity index (χ3n) is 1.60. The fourth-order valence-corrected chi connectivity index (χ4v) is 1.89. The average molecular weight is 249 g/mol. The van der Waals surface area contributed by atoms with Crippen LogP contribution in [0.15, 0.2) is 23.1 Å². The quantitative estimate of drug-likeness (QED) is 0.636. The summed E-state index contributed by atoms with van der Waals surface area (Å²) in [4.78, 5) is -2.10. The Morgan fingerprint density at radius 2 is 1.67 bits per heavy atom. The smallest absolute Gasteiger partial charge is 0.313 e. The average Bonchev–Trinajstić information content (AvgIpc) is 2.00. The predicted molar refractivity (Wildman–Crippen MR) is 48.8 cm³/mol. The zero-order valence-corrected chi connectivity index (χ0v) is 8.33. The van der Waals surface area contributed by atoms with E-state index in [-0.39, 0.29) is 6.07 Å². The Kier molecular flexibility index (Phi) is 1.97. The van der Waals surface area contributed by atoms with Crippen molar-refractivity contribution in [1.29, 1.82) is 0 Å². The number of nitrogens with two attached hydrogens (primary N) is 1. The van der Waals surface area contributed by atoms with Crippen LogP contribution in [-0.4, -0.2) is 7.11 Å². The molecule has 15 heavy (non-hydrogen) atoms. The summed E-state index contributed by atoms with van der Waals surface area (Å²) in [6.07, 6.45) is 0. The van der Waals surface area contributed by atoms with Gasteiger partial charge in [-0.15, -0.1) is 0 Å². The monoisotopic (exact) mass is 249 g/mol. The van der Waals surface area contributed by atoms with Gasteiger partial charge in [0.15, 0.2) is 4.90 Å². The highest BCUT2D eigenvalue weighted by Gasteiger charge is 2.67. The molecule has 0 aliphatic rings. The van der Waals surface area contributed by atoms with Crippen LogP contribution in [0.25, 0.3) is 0 Å². The lowest BCUT2D eigenvalue weighted by Crippen LogP contribution is -2.08. The lowest BCUT2D eigenvalue weighted by molar-refractivity contribution is 0.344. The lowest BCUT2D eigenvalue weighted by atomic mass is 10.3. The van der Waals surface area contributed by atoms with Gasteiger partial charge in [0.25, 0.3) is 0 Å². The van der Waals surface area contributed by atoms with Crippen molar-refractivity contribution in [1.82, 2.24) is 0 Å². The van der Waals surface area contributed by atoms with Gasteiger partial charge in [-0.2, -0.15) is 0 Å². The first-order valence-corrected chi connectivity index (χ1v) is 5.57. The van der Waals surface area contributed by atoms with Gasteiger partial charge in [-0.3, -0.25) is 0 Å². The number of benzene rings is 1. The molecular weight excluding hydrogens is 241 g/mol. The van der Waals surface area contributed by atoms with Gasteiger partial charge in [0.05, 0.1) is 7.11 Å². The van der Waals surface area contributed by atoms with Crippen molar-refractivity contribution in [3.8, 4) is 5.75 Å². The number of anilines is 1. The van der Waals surface area contributed by atoms with Gasteiger partial charge in [0.2, 0.25) is 0 Å². The normalized spacial score (nSPS) is 16.7. The Morgan fingerprint density at radius 3 is 2.07 bits per heavy atom. The van der Waals surface area contributed by atoms with Crippen LogP contribution >= 0.6 is 10.2 Å². The second-order valence-corrected chi connectivity index (χ2v) is 5.26. The highest BCUT2D eigenvalue weighted by molar-refractivity contribution is 8.45. The van der Waals surface area contributed by atoms with Crippen LogP contribution in [0.5, 0.6) is 5.75 Å².